The third kappa shape index (κ3) is 1.55. The Kier molecular flexibility index (Phi) is 1.87. The number of hydrogen-bond acceptors (Lipinski definition) is 3. The van der Waals surface area contributed by atoms with Crippen molar-refractivity contribution in [1.29, 1.82) is 0 Å². The quantitative estimate of drug-likeness (QED) is 0.600. The normalized spacial score (nSPS) is 29.2. The van der Waals surface area contributed by atoms with Crippen LogP contribution >= 0.6 is 0 Å². The highest BCUT2D eigenvalue weighted by atomic mass is 16.5. The van der Waals surface area contributed by atoms with Gasteiger partial charge in [0.05, 0.1) is 24.9 Å². The van der Waals surface area contributed by atoms with E-state index in [-0.39, 0.29) is 5.60 Å². The van der Waals surface area contributed by atoms with Crippen LogP contribution in [0.5, 0.6) is 0 Å². The van der Waals surface area contributed by atoms with Crippen LogP contribution in [0.4, 0.5) is 0 Å². The number of aliphatic hydroxyl groups is 1. The van der Waals surface area contributed by atoms with E-state index in [4.69, 9.17) is 4.74 Å². The number of nitrogens with one attached hydrogen (secondary N) is 1. The maximum atomic E-state index is 9.68. The predicted molar refractivity (Wildman–Crippen MR) is 41.4 cm³/mol. The lowest BCUT2D eigenvalue weighted by atomic mass is 9.80. The zero-order valence-electron chi connectivity index (χ0n) is 6.68. The molecule has 0 atom stereocenters. The summed E-state index contributed by atoms with van der Waals surface area (Å²) in [5.74, 6) is 0. The fraction of sp³-hybridized carbons (Fsp3) is 1.00. The zero-order chi connectivity index (χ0) is 7.73. The van der Waals surface area contributed by atoms with Crippen molar-refractivity contribution < 1.29 is 9.84 Å². The lowest BCUT2D eigenvalue weighted by molar-refractivity contribution is -0.0545. The van der Waals surface area contributed by atoms with Crippen LogP contribution in [-0.2, 0) is 4.74 Å². The molecule has 0 amide bonds. The van der Waals surface area contributed by atoms with Crippen LogP contribution in [0, 0.1) is 0 Å². The van der Waals surface area contributed by atoms with Crippen LogP contribution in [0.15, 0.2) is 0 Å². The van der Waals surface area contributed by atoms with Gasteiger partial charge in [0.1, 0.15) is 0 Å². The average molecular weight is 157 g/mol. The molecule has 2 fully saturated rings. The van der Waals surface area contributed by atoms with Gasteiger partial charge in [0.15, 0.2) is 0 Å². The third-order valence-electron chi connectivity index (χ3n) is 2.64. The topological polar surface area (TPSA) is 41.5 Å². The van der Waals surface area contributed by atoms with Gasteiger partial charge in [0.25, 0.3) is 0 Å². The van der Waals surface area contributed by atoms with E-state index < -0.39 is 0 Å². The van der Waals surface area contributed by atoms with Crippen molar-refractivity contribution in [2.75, 3.05) is 19.8 Å². The Morgan fingerprint density at radius 1 is 1.45 bits per heavy atom. The van der Waals surface area contributed by atoms with E-state index in [0.29, 0.717) is 6.04 Å². The molecule has 2 rings (SSSR count). The molecule has 2 aliphatic rings. The predicted octanol–water partition coefficient (Wildman–Crippen LogP) is -0.110. The molecule has 0 spiro atoms. The zero-order valence-corrected chi connectivity index (χ0v) is 6.68. The Balaban J connectivity index is 1.64. The Morgan fingerprint density at radius 2 is 2.18 bits per heavy atom. The van der Waals surface area contributed by atoms with Gasteiger partial charge in [-0.15, -0.1) is 0 Å². The minimum Gasteiger partial charge on any atom is -0.389 e. The lowest BCUT2D eigenvalue weighted by Gasteiger charge is -2.39. The summed E-state index contributed by atoms with van der Waals surface area (Å²) in [6.07, 6.45) is 3.11. The SMILES string of the molecule is OC1(CNC2COC2)CCC1. The first-order valence-corrected chi connectivity index (χ1v) is 4.32. The van der Waals surface area contributed by atoms with Gasteiger partial charge in [-0.25, -0.2) is 0 Å². The summed E-state index contributed by atoms with van der Waals surface area (Å²) in [7, 11) is 0. The van der Waals surface area contributed by atoms with E-state index >= 15 is 0 Å². The molecule has 1 aliphatic carbocycles. The van der Waals surface area contributed by atoms with Crippen molar-refractivity contribution >= 4 is 0 Å². The van der Waals surface area contributed by atoms with Crippen LogP contribution in [0.3, 0.4) is 0 Å². The van der Waals surface area contributed by atoms with Gasteiger partial charge in [0, 0.05) is 6.54 Å². The summed E-state index contributed by atoms with van der Waals surface area (Å²) in [4.78, 5) is 0. The third-order valence-corrected chi connectivity index (χ3v) is 2.64. The number of hydrogen-bond donors (Lipinski definition) is 2. The molecule has 0 unspecified atom stereocenters. The summed E-state index contributed by atoms with van der Waals surface area (Å²) >= 11 is 0. The standard InChI is InChI=1S/C8H15NO2/c10-8(2-1-3-8)6-9-7-4-11-5-7/h7,9-10H,1-6H2. The second kappa shape index (κ2) is 2.73. The largest absolute Gasteiger partial charge is 0.389 e. The minimum atomic E-state index is -0.379. The summed E-state index contributed by atoms with van der Waals surface area (Å²) in [6, 6.07) is 0.500. The molecule has 64 valence electrons. The van der Waals surface area contributed by atoms with Gasteiger partial charge < -0.3 is 15.2 Å². The van der Waals surface area contributed by atoms with Gasteiger partial charge in [0.2, 0.25) is 0 Å². The van der Waals surface area contributed by atoms with Gasteiger partial charge in [-0.3, -0.25) is 0 Å². The van der Waals surface area contributed by atoms with Crippen LogP contribution < -0.4 is 5.32 Å². The minimum absolute atomic E-state index is 0.379. The van der Waals surface area contributed by atoms with Gasteiger partial charge in [-0.1, -0.05) is 0 Å². The number of ether oxygens (including phenoxy) is 1. The Hall–Kier alpha value is -0.120. The van der Waals surface area contributed by atoms with Crippen molar-refractivity contribution in [1.82, 2.24) is 5.32 Å². The molecule has 2 N–H and O–H groups in total. The molecule has 11 heavy (non-hydrogen) atoms. The van der Waals surface area contributed by atoms with E-state index in [1.807, 2.05) is 0 Å². The van der Waals surface area contributed by atoms with E-state index in [2.05, 4.69) is 5.32 Å². The van der Waals surface area contributed by atoms with Gasteiger partial charge in [-0.05, 0) is 19.3 Å². The van der Waals surface area contributed by atoms with Gasteiger partial charge >= 0.3 is 0 Å². The molecule has 0 aromatic rings. The Morgan fingerprint density at radius 3 is 2.55 bits per heavy atom. The highest BCUT2D eigenvalue weighted by molar-refractivity contribution is 4.91. The second-order valence-corrected chi connectivity index (χ2v) is 3.69. The summed E-state index contributed by atoms with van der Waals surface area (Å²) in [5, 5.41) is 13.0. The van der Waals surface area contributed by atoms with Crippen LogP contribution in [-0.4, -0.2) is 36.5 Å². The molecule has 0 radical (unpaired) electrons. The van der Waals surface area contributed by atoms with Crippen molar-refractivity contribution in [3.05, 3.63) is 0 Å². The highest BCUT2D eigenvalue weighted by Gasteiger charge is 2.35. The maximum absolute atomic E-state index is 9.68. The first-order valence-electron chi connectivity index (χ1n) is 4.32. The van der Waals surface area contributed by atoms with Crippen molar-refractivity contribution in [3.8, 4) is 0 Å². The Bertz CT molecular complexity index is 141. The fourth-order valence-electron chi connectivity index (χ4n) is 1.45. The molecule has 0 aromatic carbocycles. The average Bonchev–Trinajstić information content (AvgIpc) is 1.81. The molecule has 0 bridgehead atoms. The fourth-order valence-corrected chi connectivity index (χ4v) is 1.45. The molecule has 1 aliphatic heterocycles. The first kappa shape index (κ1) is 7.53. The van der Waals surface area contributed by atoms with Crippen molar-refractivity contribution in [3.63, 3.8) is 0 Å². The van der Waals surface area contributed by atoms with Crippen LogP contribution in [0.2, 0.25) is 0 Å². The molecular formula is C8H15NO2. The summed E-state index contributed by atoms with van der Waals surface area (Å²) in [6.45, 7) is 2.38. The summed E-state index contributed by atoms with van der Waals surface area (Å²) < 4.78 is 5.01. The van der Waals surface area contributed by atoms with Crippen molar-refractivity contribution in [2.45, 2.75) is 30.9 Å². The Labute approximate surface area is 66.7 Å². The van der Waals surface area contributed by atoms with E-state index in [9.17, 15) is 5.11 Å². The van der Waals surface area contributed by atoms with E-state index in [1.54, 1.807) is 0 Å². The van der Waals surface area contributed by atoms with E-state index in [1.165, 1.54) is 6.42 Å². The molecule has 3 nitrogen and oxygen atoms in total. The van der Waals surface area contributed by atoms with Crippen molar-refractivity contribution in [2.24, 2.45) is 0 Å². The lowest BCUT2D eigenvalue weighted by Crippen LogP contribution is -2.54. The molecule has 0 aromatic heterocycles. The van der Waals surface area contributed by atoms with Gasteiger partial charge in [-0.2, -0.15) is 0 Å². The first-order chi connectivity index (χ1) is 5.29. The highest BCUT2D eigenvalue weighted by Crippen LogP contribution is 2.30. The summed E-state index contributed by atoms with van der Waals surface area (Å²) in [5.41, 5.74) is -0.379. The molecule has 1 heterocycles. The molecule has 3 heteroatoms. The molecule has 1 saturated carbocycles. The molecule has 1 saturated heterocycles. The van der Waals surface area contributed by atoms with Crippen LogP contribution in [0.1, 0.15) is 19.3 Å². The second-order valence-electron chi connectivity index (χ2n) is 3.69. The van der Waals surface area contributed by atoms with Crippen LogP contribution in [0.25, 0.3) is 0 Å². The molecular weight excluding hydrogens is 142 g/mol. The monoisotopic (exact) mass is 157 g/mol. The smallest absolute Gasteiger partial charge is 0.0771 e. The number of rotatable bonds is 3. The maximum Gasteiger partial charge on any atom is 0.0771 e. The van der Waals surface area contributed by atoms with E-state index in [0.717, 1.165) is 32.6 Å².